The summed E-state index contributed by atoms with van der Waals surface area (Å²) in [7, 11) is -1.96. The minimum atomic E-state index is -1.96. The number of rotatable bonds is 17. The zero-order chi connectivity index (χ0) is 24.7. The van der Waals surface area contributed by atoms with Crippen LogP contribution in [-0.4, -0.2) is 32.7 Å². The average Bonchev–Trinajstić information content (AvgIpc) is 2.76. The Bertz CT molecular complexity index is 682. The van der Waals surface area contributed by atoms with Crippen molar-refractivity contribution in [2.45, 2.75) is 122 Å². The van der Waals surface area contributed by atoms with Crippen LogP contribution in [0.15, 0.2) is 30.3 Å². The van der Waals surface area contributed by atoms with Gasteiger partial charge in [0.1, 0.15) is 0 Å². The number of carbonyl (C=O) groups excluding carboxylic acids is 2. The summed E-state index contributed by atoms with van der Waals surface area (Å²) in [5.41, 5.74) is 0.683. The molecule has 0 aromatic heterocycles. The molecular weight excluding hydrogens is 426 g/mol. The highest BCUT2D eigenvalue weighted by Crippen LogP contribution is 2.36. The van der Waals surface area contributed by atoms with Gasteiger partial charge in [0, 0.05) is 18.4 Å². The first-order valence-electron chi connectivity index (χ1n) is 13.1. The summed E-state index contributed by atoms with van der Waals surface area (Å²) < 4.78 is 6.36. The first kappa shape index (κ1) is 29.6. The molecule has 0 aliphatic rings. The molecule has 4 nitrogen and oxygen atoms in total. The van der Waals surface area contributed by atoms with E-state index in [1.54, 1.807) is 0 Å². The molecule has 1 rings (SSSR count). The van der Waals surface area contributed by atoms with Crippen molar-refractivity contribution in [1.82, 2.24) is 5.32 Å². The Morgan fingerprint density at radius 1 is 0.909 bits per heavy atom. The Kier molecular flexibility index (Phi) is 13.8. The molecule has 33 heavy (non-hydrogen) atoms. The zero-order valence-corrected chi connectivity index (χ0v) is 23.2. The van der Waals surface area contributed by atoms with E-state index in [1.807, 2.05) is 30.3 Å². The van der Waals surface area contributed by atoms with Gasteiger partial charge in [-0.05, 0) is 24.6 Å². The first-order chi connectivity index (χ1) is 15.6. The maximum atomic E-state index is 12.8. The van der Waals surface area contributed by atoms with Gasteiger partial charge in [0.25, 0.3) is 0 Å². The van der Waals surface area contributed by atoms with E-state index in [0.29, 0.717) is 18.6 Å². The van der Waals surface area contributed by atoms with Gasteiger partial charge in [0.2, 0.25) is 5.91 Å². The lowest BCUT2D eigenvalue weighted by Crippen LogP contribution is -2.47. The summed E-state index contributed by atoms with van der Waals surface area (Å²) in [6, 6.07) is 9.02. The summed E-state index contributed by atoms with van der Waals surface area (Å²) >= 11 is 0. The Labute approximate surface area is 204 Å². The molecule has 0 aliphatic heterocycles. The number of ketones is 1. The predicted octanol–water partition coefficient (Wildman–Crippen LogP) is 7.69. The van der Waals surface area contributed by atoms with Crippen LogP contribution in [0, 0.1) is 0 Å². The van der Waals surface area contributed by atoms with Crippen molar-refractivity contribution in [1.29, 1.82) is 0 Å². The fourth-order valence-corrected chi connectivity index (χ4v) is 4.59. The summed E-state index contributed by atoms with van der Waals surface area (Å²) in [5.74, 6) is 0.0745. The number of hydrogen-bond donors (Lipinski definition) is 1. The molecule has 0 saturated carbocycles. The third kappa shape index (κ3) is 12.5. The van der Waals surface area contributed by atoms with Crippen molar-refractivity contribution in [2.24, 2.45) is 0 Å². The fourth-order valence-electron chi connectivity index (χ4n) is 3.54. The van der Waals surface area contributed by atoms with E-state index in [-0.39, 0.29) is 29.2 Å². The molecule has 188 valence electrons. The van der Waals surface area contributed by atoms with Crippen LogP contribution in [0.2, 0.25) is 18.1 Å². The van der Waals surface area contributed by atoms with E-state index in [4.69, 9.17) is 4.43 Å². The summed E-state index contributed by atoms with van der Waals surface area (Å²) in [4.78, 5) is 25.4. The van der Waals surface area contributed by atoms with Crippen molar-refractivity contribution >= 4 is 20.0 Å². The van der Waals surface area contributed by atoms with Crippen LogP contribution in [-0.2, 0) is 9.22 Å². The number of amides is 1. The second-order valence-electron chi connectivity index (χ2n) is 10.9. The maximum absolute atomic E-state index is 12.8. The van der Waals surface area contributed by atoms with Gasteiger partial charge in [-0.2, -0.15) is 0 Å². The van der Waals surface area contributed by atoms with E-state index >= 15 is 0 Å². The Morgan fingerprint density at radius 3 is 2.00 bits per heavy atom. The number of hydrogen-bond acceptors (Lipinski definition) is 3. The molecule has 1 unspecified atom stereocenters. The van der Waals surface area contributed by atoms with E-state index in [0.717, 1.165) is 12.8 Å². The number of nitrogens with one attached hydrogen (secondary N) is 1. The van der Waals surface area contributed by atoms with E-state index in [2.05, 4.69) is 46.1 Å². The molecule has 0 heterocycles. The highest BCUT2D eigenvalue weighted by atomic mass is 28.4. The lowest BCUT2D eigenvalue weighted by Gasteiger charge is -2.37. The van der Waals surface area contributed by atoms with Gasteiger partial charge in [0.05, 0.1) is 12.6 Å². The van der Waals surface area contributed by atoms with Crippen LogP contribution in [0.5, 0.6) is 0 Å². The normalized spacial score (nSPS) is 13.0. The third-order valence-electron chi connectivity index (χ3n) is 6.85. The van der Waals surface area contributed by atoms with Gasteiger partial charge in [0.15, 0.2) is 14.1 Å². The lowest BCUT2D eigenvalue weighted by atomic mass is 10.0. The second kappa shape index (κ2) is 15.4. The molecule has 1 amide bonds. The second-order valence-corrected chi connectivity index (χ2v) is 15.7. The van der Waals surface area contributed by atoms with Crippen molar-refractivity contribution in [3.05, 3.63) is 35.9 Å². The van der Waals surface area contributed by atoms with Gasteiger partial charge in [-0.15, -0.1) is 0 Å². The van der Waals surface area contributed by atoms with Crippen LogP contribution in [0.25, 0.3) is 0 Å². The summed E-state index contributed by atoms with van der Waals surface area (Å²) in [6.45, 7) is 13.6. The van der Waals surface area contributed by atoms with Crippen LogP contribution >= 0.6 is 0 Å². The van der Waals surface area contributed by atoms with Crippen molar-refractivity contribution in [3.8, 4) is 0 Å². The molecular formula is C28H49NO3Si. The Hall–Kier alpha value is -1.46. The van der Waals surface area contributed by atoms with Crippen LogP contribution in [0.1, 0.15) is 109 Å². The average molecular weight is 476 g/mol. The van der Waals surface area contributed by atoms with Gasteiger partial charge in [-0.3, -0.25) is 9.59 Å². The van der Waals surface area contributed by atoms with E-state index in [1.165, 1.54) is 44.9 Å². The number of Topliss-reactive ketones (excluding diaryl/α,β-unsaturated/α-hetero) is 1. The lowest BCUT2D eigenvalue weighted by molar-refractivity contribution is -0.122. The van der Waals surface area contributed by atoms with Crippen LogP contribution in [0.3, 0.4) is 0 Å². The maximum Gasteiger partial charge on any atom is 0.220 e. The molecule has 0 radical (unpaired) electrons. The molecule has 0 spiro atoms. The minimum absolute atomic E-state index is 0.0302. The van der Waals surface area contributed by atoms with Gasteiger partial charge >= 0.3 is 0 Å². The van der Waals surface area contributed by atoms with E-state index < -0.39 is 8.32 Å². The minimum Gasteiger partial charge on any atom is -0.415 e. The van der Waals surface area contributed by atoms with Gasteiger partial charge < -0.3 is 9.74 Å². The van der Waals surface area contributed by atoms with Crippen LogP contribution < -0.4 is 5.32 Å². The smallest absolute Gasteiger partial charge is 0.220 e. The zero-order valence-electron chi connectivity index (χ0n) is 22.2. The highest BCUT2D eigenvalue weighted by Gasteiger charge is 2.37. The summed E-state index contributed by atoms with van der Waals surface area (Å²) in [5, 5.41) is 3.19. The Morgan fingerprint density at radius 2 is 1.45 bits per heavy atom. The monoisotopic (exact) mass is 475 g/mol. The van der Waals surface area contributed by atoms with E-state index in [9.17, 15) is 9.59 Å². The standard InChI is InChI=1S/C28H49NO3Si/c1-7-8-9-10-11-12-13-14-18-21-27(31)29-25(23-32-33(5,6)28(2,3)4)22-26(30)24-19-16-15-17-20-24/h15-17,19-20,25H,7-14,18,21-23H2,1-6H3,(H,29,31). The Balaban J connectivity index is 2.52. The topological polar surface area (TPSA) is 55.4 Å². The summed E-state index contributed by atoms with van der Waals surface area (Å²) in [6.07, 6.45) is 11.9. The number of unbranched alkanes of at least 4 members (excludes halogenated alkanes) is 8. The quantitative estimate of drug-likeness (QED) is 0.143. The predicted molar refractivity (Wildman–Crippen MR) is 142 cm³/mol. The fraction of sp³-hybridized carbons (Fsp3) is 0.714. The van der Waals surface area contributed by atoms with Gasteiger partial charge in [-0.1, -0.05) is 109 Å². The highest BCUT2D eigenvalue weighted by molar-refractivity contribution is 6.74. The largest absolute Gasteiger partial charge is 0.415 e. The SMILES string of the molecule is CCCCCCCCCCCC(=O)NC(CO[Si](C)(C)C(C)(C)C)CC(=O)c1ccccc1. The van der Waals surface area contributed by atoms with Crippen molar-refractivity contribution < 1.29 is 14.0 Å². The molecule has 1 aromatic rings. The van der Waals surface area contributed by atoms with Gasteiger partial charge in [-0.25, -0.2) is 0 Å². The van der Waals surface area contributed by atoms with Crippen molar-refractivity contribution in [2.75, 3.05) is 6.61 Å². The third-order valence-corrected chi connectivity index (χ3v) is 11.4. The number of benzene rings is 1. The molecule has 1 N–H and O–H groups in total. The first-order valence-corrected chi connectivity index (χ1v) is 16.0. The molecule has 0 aliphatic carbocycles. The molecule has 0 saturated heterocycles. The van der Waals surface area contributed by atoms with Crippen molar-refractivity contribution in [3.63, 3.8) is 0 Å². The molecule has 1 atom stereocenters. The number of carbonyl (C=O) groups is 2. The molecule has 0 fully saturated rings. The molecule has 1 aromatic carbocycles. The molecule has 5 heteroatoms. The molecule has 0 bridgehead atoms. The van der Waals surface area contributed by atoms with Crippen LogP contribution in [0.4, 0.5) is 0 Å².